The van der Waals surface area contributed by atoms with Crippen molar-refractivity contribution in [1.82, 2.24) is 9.47 Å². The molecule has 1 aliphatic heterocycles. The maximum Gasteiger partial charge on any atom is 0.255 e. The summed E-state index contributed by atoms with van der Waals surface area (Å²) in [6.07, 6.45) is 2.69. The highest BCUT2D eigenvalue weighted by molar-refractivity contribution is 6.05. The molecule has 0 bridgehead atoms. The number of aryl methyl sites for hydroxylation is 2. The predicted molar refractivity (Wildman–Crippen MR) is 110 cm³/mol. The van der Waals surface area contributed by atoms with Gasteiger partial charge >= 0.3 is 0 Å². The van der Waals surface area contributed by atoms with Crippen LogP contribution in [0.4, 0.5) is 5.69 Å². The fourth-order valence-electron chi connectivity index (χ4n) is 3.79. The Hall–Kier alpha value is -2.89. The van der Waals surface area contributed by atoms with E-state index in [2.05, 4.69) is 19.2 Å². The van der Waals surface area contributed by atoms with Gasteiger partial charge in [0.25, 0.3) is 17.4 Å². The van der Waals surface area contributed by atoms with Crippen molar-refractivity contribution in [1.29, 1.82) is 0 Å². The molecule has 2 heterocycles. The number of carbonyl (C=O) groups excluding carboxylic acids is 2. The maximum atomic E-state index is 13.0. The van der Waals surface area contributed by atoms with E-state index in [1.807, 2.05) is 17.9 Å². The second kappa shape index (κ2) is 8.00. The Morgan fingerprint density at radius 1 is 1.04 bits per heavy atom. The fourth-order valence-corrected chi connectivity index (χ4v) is 3.79. The van der Waals surface area contributed by atoms with Gasteiger partial charge in [-0.2, -0.15) is 0 Å². The van der Waals surface area contributed by atoms with E-state index < -0.39 is 0 Å². The van der Waals surface area contributed by atoms with E-state index in [9.17, 15) is 14.4 Å². The van der Waals surface area contributed by atoms with Crippen LogP contribution in [0.25, 0.3) is 0 Å². The Bertz CT molecular complexity index is 954. The third-order valence-electron chi connectivity index (χ3n) is 5.26. The van der Waals surface area contributed by atoms with Crippen molar-refractivity contribution >= 4 is 17.5 Å². The third kappa shape index (κ3) is 4.32. The molecule has 1 N–H and O–H groups in total. The van der Waals surface area contributed by atoms with Gasteiger partial charge in [0.2, 0.25) is 0 Å². The highest BCUT2D eigenvalue weighted by atomic mass is 16.2. The van der Waals surface area contributed by atoms with E-state index in [0.717, 1.165) is 25.1 Å². The van der Waals surface area contributed by atoms with Crippen molar-refractivity contribution in [3.05, 3.63) is 63.6 Å². The molecule has 6 nitrogen and oxygen atoms in total. The van der Waals surface area contributed by atoms with Gasteiger partial charge in [0.15, 0.2) is 0 Å². The van der Waals surface area contributed by atoms with Crippen LogP contribution in [0.2, 0.25) is 0 Å². The highest BCUT2D eigenvalue weighted by Gasteiger charge is 2.26. The number of aromatic nitrogens is 1. The molecule has 6 heteroatoms. The van der Waals surface area contributed by atoms with Crippen LogP contribution in [-0.2, 0) is 7.05 Å². The molecule has 2 atom stereocenters. The van der Waals surface area contributed by atoms with Gasteiger partial charge in [-0.05, 0) is 48.9 Å². The summed E-state index contributed by atoms with van der Waals surface area (Å²) in [5.41, 5.74) is 2.04. The van der Waals surface area contributed by atoms with Gasteiger partial charge in [0.05, 0.1) is 0 Å². The lowest BCUT2D eigenvalue weighted by atomic mass is 9.91. The van der Waals surface area contributed by atoms with E-state index in [0.29, 0.717) is 23.1 Å². The van der Waals surface area contributed by atoms with E-state index >= 15 is 0 Å². The summed E-state index contributed by atoms with van der Waals surface area (Å²) in [6.45, 7) is 7.72. The molecule has 1 aliphatic rings. The number of amides is 2. The minimum atomic E-state index is -0.370. The standard InChI is InChI=1S/C22H27N3O3/c1-14-9-15(2)13-25(12-14)22(28)18-6-5-16(3)19(10-18)23-21(27)17-7-8-24(4)20(26)11-17/h5-8,10-11,14-15H,9,12-13H2,1-4H3,(H,23,27). The smallest absolute Gasteiger partial charge is 0.255 e. The van der Waals surface area contributed by atoms with E-state index in [4.69, 9.17) is 0 Å². The average molecular weight is 381 g/mol. The quantitative estimate of drug-likeness (QED) is 0.888. The van der Waals surface area contributed by atoms with Crippen molar-refractivity contribution in [3.8, 4) is 0 Å². The molecule has 0 radical (unpaired) electrons. The lowest BCUT2D eigenvalue weighted by Gasteiger charge is -2.35. The molecule has 0 saturated carbocycles. The number of hydrogen-bond acceptors (Lipinski definition) is 3. The molecule has 28 heavy (non-hydrogen) atoms. The van der Waals surface area contributed by atoms with Gasteiger partial charge in [-0.15, -0.1) is 0 Å². The van der Waals surface area contributed by atoms with E-state index in [1.165, 1.54) is 10.6 Å². The number of pyridine rings is 1. The monoisotopic (exact) mass is 381 g/mol. The molecule has 2 aromatic rings. The van der Waals surface area contributed by atoms with Gasteiger partial charge in [-0.1, -0.05) is 19.9 Å². The SMILES string of the molecule is Cc1ccc(C(=O)N2CC(C)CC(C)C2)cc1NC(=O)c1ccn(C)c(=O)c1. The molecule has 2 unspecified atom stereocenters. The van der Waals surface area contributed by atoms with Crippen LogP contribution < -0.4 is 10.9 Å². The maximum absolute atomic E-state index is 13.0. The first-order valence-corrected chi connectivity index (χ1v) is 9.62. The Morgan fingerprint density at radius 2 is 1.71 bits per heavy atom. The second-order valence-corrected chi connectivity index (χ2v) is 8.00. The summed E-state index contributed by atoms with van der Waals surface area (Å²) in [5.74, 6) is 0.587. The van der Waals surface area contributed by atoms with Crippen molar-refractivity contribution in [2.75, 3.05) is 18.4 Å². The minimum absolute atomic E-state index is 0.0116. The number of benzene rings is 1. The molecule has 148 valence electrons. The fraction of sp³-hybridized carbons (Fsp3) is 0.409. The molecule has 3 rings (SSSR count). The van der Waals surface area contributed by atoms with Gasteiger partial charge in [-0.25, -0.2) is 0 Å². The summed E-state index contributed by atoms with van der Waals surface area (Å²) in [7, 11) is 1.63. The first-order chi connectivity index (χ1) is 13.2. The lowest BCUT2D eigenvalue weighted by molar-refractivity contribution is 0.0623. The van der Waals surface area contributed by atoms with Crippen LogP contribution in [0.3, 0.4) is 0 Å². The van der Waals surface area contributed by atoms with Crippen LogP contribution in [0.5, 0.6) is 0 Å². The lowest BCUT2D eigenvalue weighted by Crippen LogP contribution is -2.42. The first-order valence-electron chi connectivity index (χ1n) is 9.62. The normalized spacial score (nSPS) is 19.4. The predicted octanol–water partition coefficient (Wildman–Crippen LogP) is 3.06. The zero-order valence-electron chi connectivity index (χ0n) is 16.9. The van der Waals surface area contributed by atoms with E-state index in [-0.39, 0.29) is 22.9 Å². The molecule has 1 aromatic carbocycles. The van der Waals surface area contributed by atoms with Crippen LogP contribution >= 0.6 is 0 Å². The molecular weight excluding hydrogens is 354 g/mol. The molecule has 0 spiro atoms. The number of hydrogen-bond donors (Lipinski definition) is 1. The number of nitrogens with zero attached hydrogens (tertiary/aromatic N) is 2. The summed E-state index contributed by atoms with van der Waals surface area (Å²) in [6, 6.07) is 8.26. The van der Waals surface area contributed by atoms with Gasteiger partial charge in [0.1, 0.15) is 0 Å². The first kappa shape index (κ1) is 19.9. The summed E-state index contributed by atoms with van der Waals surface area (Å²) >= 11 is 0. The third-order valence-corrected chi connectivity index (χ3v) is 5.26. The number of piperidine rings is 1. The molecule has 1 saturated heterocycles. The van der Waals surface area contributed by atoms with Crippen LogP contribution in [0.15, 0.2) is 41.3 Å². The average Bonchev–Trinajstić information content (AvgIpc) is 2.64. The van der Waals surface area contributed by atoms with Crippen LogP contribution in [-0.4, -0.2) is 34.4 Å². The molecular formula is C22H27N3O3. The number of likely N-dealkylation sites (tertiary alicyclic amines) is 1. The molecule has 2 amide bonds. The summed E-state index contributed by atoms with van der Waals surface area (Å²) in [4.78, 5) is 39.2. The summed E-state index contributed by atoms with van der Waals surface area (Å²) < 4.78 is 1.40. The Kier molecular flexibility index (Phi) is 5.68. The van der Waals surface area contributed by atoms with Gasteiger partial charge in [-0.3, -0.25) is 14.4 Å². The zero-order chi connectivity index (χ0) is 20.4. The van der Waals surface area contributed by atoms with Gasteiger partial charge < -0.3 is 14.8 Å². The zero-order valence-corrected chi connectivity index (χ0v) is 16.9. The molecule has 0 aliphatic carbocycles. The Morgan fingerprint density at radius 3 is 2.36 bits per heavy atom. The Balaban J connectivity index is 1.81. The highest BCUT2D eigenvalue weighted by Crippen LogP contribution is 2.24. The van der Waals surface area contributed by atoms with Crippen molar-refractivity contribution in [2.24, 2.45) is 18.9 Å². The Labute approximate surface area is 165 Å². The second-order valence-electron chi connectivity index (χ2n) is 8.00. The minimum Gasteiger partial charge on any atom is -0.338 e. The van der Waals surface area contributed by atoms with Crippen molar-refractivity contribution < 1.29 is 9.59 Å². The van der Waals surface area contributed by atoms with Gasteiger partial charge in [0, 0.05) is 49.2 Å². The topological polar surface area (TPSA) is 71.4 Å². The van der Waals surface area contributed by atoms with E-state index in [1.54, 1.807) is 31.4 Å². The van der Waals surface area contributed by atoms with Crippen molar-refractivity contribution in [2.45, 2.75) is 27.2 Å². The number of rotatable bonds is 3. The number of carbonyl (C=O) groups is 2. The number of nitrogens with one attached hydrogen (secondary N) is 1. The molecule has 1 fully saturated rings. The largest absolute Gasteiger partial charge is 0.338 e. The van der Waals surface area contributed by atoms with Crippen LogP contribution in [0.1, 0.15) is 46.5 Å². The number of anilines is 1. The van der Waals surface area contributed by atoms with Crippen molar-refractivity contribution in [3.63, 3.8) is 0 Å². The van der Waals surface area contributed by atoms with Crippen LogP contribution in [0, 0.1) is 18.8 Å². The summed E-state index contributed by atoms with van der Waals surface area (Å²) in [5, 5.41) is 2.83. The molecule has 1 aromatic heterocycles.